The Labute approximate surface area is 77.8 Å². The predicted molar refractivity (Wildman–Crippen MR) is 49.6 cm³/mol. The van der Waals surface area contributed by atoms with Gasteiger partial charge in [0.15, 0.2) is 0 Å². The summed E-state index contributed by atoms with van der Waals surface area (Å²) >= 11 is 0. The first-order chi connectivity index (χ1) is 6.33. The largest absolute Gasteiger partial charge is 0.490 e. The molecule has 0 saturated carbocycles. The van der Waals surface area contributed by atoms with E-state index in [1.807, 2.05) is 12.1 Å². The SMILES string of the molecule is CCC1Cc2cc(C#N)ccc2O1. The number of hydrogen-bond acceptors (Lipinski definition) is 2. The fraction of sp³-hybridized carbons (Fsp3) is 0.364. The average Bonchev–Trinajstić information content (AvgIpc) is 2.58. The zero-order valence-corrected chi connectivity index (χ0v) is 7.58. The van der Waals surface area contributed by atoms with E-state index in [1.165, 1.54) is 5.56 Å². The van der Waals surface area contributed by atoms with Crippen LogP contribution in [0.2, 0.25) is 0 Å². The lowest BCUT2D eigenvalue weighted by atomic mass is 10.1. The van der Waals surface area contributed by atoms with Crippen molar-refractivity contribution in [1.82, 2.24) is 0 Å². The lowest BCUT2D eigenvalue weighted by Crippen LogP contribution is -2.10. The Morgan fingerprint density at radius 2 is 2.46 bits per heavy atom. The number of hydrogen-bond donors (Lipinski definition) is 0. The molecule has 13 heavy (non-hydrogen) atoms. The average molecular weight is 173 g/mol. The molecule has 0 N–H and O–H groups in total. The molecule has 1 aromatic carbocycles. The predicted octanol–water partition coefficient (Wildman–Crippen LogP) is 2.27. The highest BCUT2D eigenvalue weighted by Gasteiger charge is 2.20. The molecule has 2 nitrogen and oxygen atoms in total. The first kappa shape index (κ1) is 8.12. The topological polar surface area (TPSA) is 33.0 Å². The van der Waals surface area contributed by atoms with E-state index in [0.717, 1.165) is 24.2 Å². The number of benzene rings is 1. The second-order valence-corrected chi connectivity index (χ2v) is 3.29. The molecular formula is C11H11NO. The van der Waals surface area contributed by atoms with Crippen molar-refractivity contribution < 1.29 is 4.74 Å². The molecular weight excluding hydrogens is 162 g/mol. The molecule has 0 aromatic heterocycles. The zero-order chi connectivity index (χ0) is 9.26. The van der Waals surface area contributed by atoms with Crippen LogP contribution in [-0.2, 0) is 6.42 Å². The highest BCUT2D eigenvalue weighted by atomic mass is 16.5. The first-order valence-corrected chi connectivity index (χ1v) is 4.53. The Bertz CT molecular complexity index is 365. The van der Waals surface area contributed by atoms with Crippen LogP contribution >= 0.6 is 0 Å². The van der Waals surface area contributed by atoms with Gasteiger partial charge in [0, 0.05) is 6.42 Å². The third-order valence-electron chi connectivity index (χ3n) is 2.39. The van der Waals surface area contributed by atoms with E-state index < -0.39 is 0 Å². The minimum absolute atomic E-state index is 0.309. The summed E-state index contributed by atoms with van der Waals surface area (Å²) in [6, 6.07) is 7.75. The van der Waals surface area contributed by atoms with Gasteiger partial charge in [-0.3, -0.25) is 0 Å². The van der Waals surface area contributed by atoms with E-state index in [4.69, 9.17) is 10.00 Å². The van der Waals surface area contributed by atoms with Gasteiger partial charge >= 0.3 is 0 Å². The van der Waals surface area contributed by atoms with Gasteiger partial charge in [0.25, 0.3) is 0 Å². The van der Waals surface area contributed by atoms with Crippen molar-refractivity contribution in [2.45, 2.75) is 25.9 Å². The molecule has 0 radical (unpaired) electrons. The minimum Gasteiger partial charge on any atom is -0.490 e. The number of rotatable bonds is 1. The normalized spacial score (nSPS) is 18.9. The van der Waals surface area contributed by atoms with Crippen LogP contribution < -0.4 is 4.74 Å². The Morgan fingerprint density at radius 3 is 3.15 bits per heavy atom. The van der Waals surface area contributed by atoms with Crippen molar-refractivity contribution in [3.8, 4) is 11.8 Å². The molecule has 1 aliphatic rings. The second kappa shape index (κ2) is 3.10. The van der Waals surface area contributed by atoms with E-state index in [1.54, 1.807) is 6.07 Å². The summed E-state index contributed by atoms with van der Waals surface area (Å²) in [5.41, 5.74) is 1.89. The summed E-state index contributed by atoms with van der Waals surface area (Å²) in [6.45, 7) is 2.11. The standard InChI is InChI=1S/C11H11NO/c1-2-10-6-9-5-8(7-12)3-4-11(9)13-10/h3-5,10H,2,6H2,1H3. The van der Waals surface area contributed by atoms with Crippen LogP contribution in [0.3, 0.4) is 0 Å². The van der Waals surface area contributed by atoms with Crippen LogP contribution in [0.5, 0.6) is 5.75 Å². The zero-order valence-electron chi connectivity index (χ0n) is 7.58. The van der Waals surface area contributed by atoms with Crippen LogP contribution in [-0.4, -0.2) is 6.10 Å². The Hall–Kier alpha value is -1.49. The third-order valence-corrected chi connectivity index (χ3v) is 2.39. The highest BCUT2D eigenvalue weighted by Crippen LogP contribution is 2.30. The van der Waals surface area contributed by atoms with E-state index in [2.05, 4.69) is 13.0 Å². The molecule has 0 fully saturated rings. The number of ether oxygens (including phenoxy) is 1. The van der Waals surface area contributed by atoms with E-state index in [9.17, 15) is 0 Å². The molecule has 0 saturated heterocycles. The molecule has 0 aliphatic carbocycles. The Morgan fingerprint density at radius 1 is 1.62 bits per heavy atom. The van der Waals surface area contributed by atoms with Crippen molar-refractivity contribution in [3.05, 3.63) is 29.3 Å². The summed E-state index contributed by atoms with van der Waals surface area (Å²) in [5, 5.41) is 8.70. The van der Waals surface area contributed by atoms with Crippen LogP contribution in [0.1, 0.15) is 24.5 Å². The second-order valence-electron chi connectivity index (χ2n) is 3.29. The summed E-state index contributed by atoms with van der Waals surface area (Å²) < 4.78 is 5.65. The molecule has 1 atom stereocenters. The van der Waals surface area contributed by atoms with Gasteiger partial charge in [0.1, 0.15) is 11.9 Å². The van der Waals surface area contributed by atoms with E-state index in [-0.39, 0.29) is 0 Å². The van der Waals surface area contributed by atoms with Crippen molar-refractivity contribution in [3.63, 3.8) is 0 Å². The number of nitrogens with zero attached hydrogens (tertiary/aromatic N) is 1. The van der Waals surface area contributed by atoms with Crippen molar-refractivity contribution in [2.75, 3.05) is 0 Å². The number of fused-ring (bicyclic) bond motifs is 1. The summed E-state index contributed by atoms with van der Waals surface area (Å²) in [4.78, 5) is 0. The van der Waals surface area contributed by atoms with Gasteiger partial charge in [-0.05, 0) is 30.2 Å². The maximum absolute atomic E-state index is 8.70. The van der Waals surface area contributed by atoms with Crippen molar-refractivity contribution >= 4 is 0 Å². The molecule has 0 bridgehead atoms. The van der Waals surface area contributed by atoms with E-state index in [0.29, 0.717) is 6.10 Å². The summed E-state index contributed by atoms with van der Waals surface area (Å²) in [7, 11) is 0. The Balaban J connectivity index is 2.32. The third kappa shape index (κ3) is 1.38. The molecule has 1 aromatic rings. The molecule has 2 rings (SSSR count). The van der Waals surface area contributed by atoms with Crippen LogP contribution in [0.25, 0.3) is 0 Å². The summed E-state index contributed by atoms with van der Waals surface area (Å²) in [5.74, 6) is 0.950. The highest BCUT2D eigenvalue weighted by molar-refractivity contribution is 5.44. The van der Waals surface area contributed by atoms with Gasteiger partial charge in [0.2, 0.25) is 0 Å². The Kier molecular flexibility index (Phi) is 1.94. The summed E-state index contributed by atoms with van der Waals surface area (Å²) in [6.07, 6.45) is 2.28. The van der Waals surface area contributed by atoms with Gasteiger partial charge in [-0.25, -0.2) is 0 Å². The van der Waals surface area contributed by atoms with Gasteiger partial charge in [-0.15, -0.1) is 0 Å². The molecule has 2 heteroatoms. The molecule has 1 heterocycles. The fourth-order valence-corrected chi connectivity index (χ4v) is 1.62. The molecule has 0 amide bonds. The lowest BCUT2D eigenvalue weighted by molar-refractivity contribution is 0.228. The van der Waals surface area contributed by atoms with Crippen LogP contribution in [0, 0.1) is 11.3 Å². The number of nitriles is 1. The lowest BCUT2D eigenvalue weighted by Gasteiger charge is -2.05. The first-order valence-electron chi connectivity index (χ1n) is 4.53. The van der Waals surface area contributed by atoms with Gasteiger partial charge < -0.3 is 4.74 Å². The van der Waals surface area contributed by atoms with Crippen molar-refractivity contribution in [1.29, 1.82) is 5.26 Å². The smallest absolute Gasteiger partial charge is 0.123 e. The molecule has 1 aliphatic heterocycles. The minimum atomic E-state index is 0.309. The maximum Gasteiger partial charge on any atom is 0.123 e. The van der Waals surface area contributed by atoms with Gasteiger partial charge in [0.05, 0.1) is 11.6 Å². The van der Waals surface area contributed by atoms with Gasteiger partial charge in [-0.2, -0.15) is 5.26 Å². The fourth-order valence-electron chi connectivity index (χ4n) is 1.62. The van der Waals surface area contributed by atoms with Crippen LogP contribution in [0.15, 0.2) is 18.2 Å². The van der Waals surface area contributed by atoms with Crippen LogP contribution in [0.4, 0.5) is 0 Å². The molecule has 0 spiro atoms. The monoisotopic (exact) mass is 173 g/mol. The van der Waals surface area contributed by atoms with E-state index >= 15 is 0 Å². The molecule has 66 valence electrons. The van der Waals surface area contributed by atoms with Crippen molar-refractivity contribution in [2.24, 2.45) is 0 Å². The van der Waals surface area contributed by atoms with Gasteiger partial charge in [-0.1, -0.05) is 6.92 Å². The maximum atomic E-state index is 8.70. The molecule has 1 unspecified atom stereocenters. The quantitative estimate of drug-likeness (QED) is 0.652.